The van der Waals surface area contributed by atoms with Crippen LogP contribution in [0.25, 0.3) is 0 Å². The van der Waals surface area contributed by atoms with E-state index in [0.717, 1.165) is 15.4 Å². The molecule has 0 heterocycles. The molecule has 3 rings (SSSR count). The number of carbonyl (C=O) groups is 2. The third kappa shape index (κ3) is 7.12. The van der Waals surface area contributed by atoms with Crippen molar-refractivity contribution in [3.05, 3.63) is 93.0 Å². The first kappa shape index (κ1) is 30.5. The van der Waals surface area contributed by atoms with Gasteiger partial charge in [-0.1, -0.05) is 71.6 Å². The molecule has 2 amide bonds. The lowest BCUT2D eigenvalue weighted by atomic mass is 10.1. The van der Waals surface area contributed by atoms with Gasteiger partial charge in [-0.05, 0) is 68.7 Å². The Morgan fingerprint density at radius 2 is 1.54 bits per heavy atom. The fourth-order valence-corrected chi connectivity index (χ4v) is 6.16. The average Bonchev–Trinajstić information content (AvgIpc) is 2.89. The van der Waals surface area contributed by atoms with E-state index >= 15 is 0 Å². The average molecular weight is 591 g/mol. The van der Waals surface area contributed by atoms with E-state index in [4.69, 9.17) is 23.2 Å². The molecule has 7 nitrogen and oxygen atoms in total. The summed E-state index contributed by atoms with van der Waals surface area (Å²) in [4.78, 5) is 28.3. The zero-order valence-electron chi connectivity index (χ0n) is 22.7. The van der Waals surface area contributed by atoms with E-state index in [9.17, 15) is 18.0 Å². The summed E-state index contributed by atoms with van der Waals surface area (Å²) in [6.45, 7) is 6.90. The van der Waals surface area contributed by atoms with Crippen LogP contribution in [0.2, 0.25) is 10.0 Å². The van der Waals surface area contributed by atoms with E-state index in [1.165, 1.54) is 24.1 Å². The highest BCUT2D eigenvalue weighted by molar-refractivity contribution is 7.92. The molecule has 0 saturated heterocycles. The number of anilines is 1. The molecule has 208 valence electrons. The number of amides is 2. The van der Waals surface area contributed by atoms with Gasteiger partial charge < -0.3 is 10.2 Å². The monoisotopic (exact) mass is 589 g/mol. The topological polar surface area (TPSA) is 86.8 Å². The molecule has 10 heteroatoms. The van der Waals surface area contributed by atoms with E-state index in [0.29, 0.717) is 33.3 Å². The molecule has 0 saturated carbocycles. The Balaban J connectivity index is 2.10. The van der Waals surface area contributed by atoms with Crippen molar-refractivity contribution in [2.45, 2.75) is 51.6 Å². The minimum atomic E-state index is -4.13. The van der Waals surface area contributed by atoms with Gasteiger partial charge in [0.1, 0.15) is 12.6 Å². The predicted molar refractivity (Wildman–Crippen MR) is 157 cm³/mol. The number of sulfonamides is 1. The molecule has 0 bridgehead atoms. The SMILES string of the molecule is CC[C@H](C(=O)NC)N(Cc1ccc(Cl)c(Cl)c1)C(=O)CN(c1ccc(C)cc1C)S(=O)(=O)c1ccc(C)cc1. The standard InChI is InChI=1S/C29H33Cl2N3O4S/c1-6-26(29(36)32-5)33(17-22-10-13-24(30)25(31)16-22)28(35)18-34(27-14-9-20(3)15-21(27)4)39(37,38)23-11-7-19(2)8-12-23/h7-16,26H,6,17-18H2,1-5H3,(H,32,36)/t26-/m1/s1. The van der Waals surface area contributed by atoms with Crippen LogP contribution in [-0.2, 0) is 26.2 Å². The maximum Gasteiger partial charge on any atom is 0.264 e. The molecule has 3 aromatic rings. The third-order valence-electron chi connectivity index (χ3n) is 6.48. The first-order chi connectivity index (χ1) is 18.4. The van der Waals surface area contributed by atoms with E-state index in [1.807, 2.05) is 19.9 Å². The maximum atomic E-state index is 14.0. The van der Waals surface area contributed by atoms with Crippen LogP contribution >= 0.6 is 23.2 Å². The molecule has 0 aliphatic carbocycles. The molecular formula is C29H33Cl2N3O4S. The van der Waals surface area contributed by atoms with Crippen molar-refractivity contribution < 1.29 is 18.0 Å². The van der Waals surface area contributed by atoms with E-state index in [-0.39, 0.29) is 17.3 Å². The molecular weight excluding hydrogens is 557 g/mol. The summed E-state index contributed by atoms with van der Waals surface area (Å²) in [7, 11) is -2.63. The molecule has 0 radical (unpaired) electrons. The van der Waals surface area contributed by atoms with Gasteiger partial charge in [0.2, 0.25) is 11.8 Å². The van der Waals surface area contributed by atoms with Gasteiger partial charge in [-0.2, -0.15) is 0 Å². The van der Waals surface area contributed by atoms with Crippen molar-refractivity contribution in [1.29, 1.82) is 0 Å². The molecule has 0 aliphatic heterocycles. The highest BCUT2D eigenvalue weighted by Gasteiger charge is 2.34. The number of benzene rings is 3. The quantitative estimate of drug-likeness (QED) is 0.330. The number of aryl methyl sites for hydroxylation is 3. The lowest BCUT2D eigenvalue weighted by Crippen LogP contribution is -2.51. The Morgan fingerprint density at radius 1 is 0.897 bits per heavy atom. The Morgan fingerprint density at radius 3 is 2.10 bits per heavy atom. The fraction of sp³-hybridized carbons (Fsp3) is 0.310. The Bertz CT molecular complexity index is 1460. The van der Waals surface area contributed by atoms with Crippen LogP contribution in [0.15, 0.2) is 65.6 Å². The van der Waals surface area contributed by atoms with Crippen LogP contribution in [0.3, 0.4) is 0 Å². The van der Waals surface area contributed by atoms with Crippen molar-refractivity contribution in [2.24, 2.45) is 0 Å². The van der Waals surface area contributed by atoms with Crippen molar-refractivity contribution >= 4 is 50.7 Å². The molecule has 0 fully saturated rings. The Kier molecular flexibility index (Phi) is 10.0. The lowest BCUT2D eigenvalue weighted by molar-refractivity contribution is -0.140. The molecule has 3 aromatic carbocycles. The first-order valence-electron chi connectivity index (χ1n) is 12.5. The van der Waals surface area contributed by atoms with Crippen molar-refractivity contribution in [3.63, 3.8) is 0 Å². The normalized spacial score (nSPS) is 12.1. The Labute approximate surface area is 240 Å². The van der Waals surface area contributed by atoms with Crippen LogP contribution in [-0.4, -0.2) is 44.8 Å². The highest BCUT2D eigenvalue weighted by atomic mass is 35.5. The van der Waals surface area contributed by atoms with Gasteiger partial charge in [0.05, 0.1) is 20.6 Å². The van der Waals surface area contributed by atoms with Gasteiger partial charge in [0.25, 0.3) is 10.0 Å². The van der Waals surface area contributed by atoms with Gasteiger partial charge in [0, 0.05) is 13.6 Å². The van der Waals surface area contributed by atoms with Gasteiger partial charge >= 0.3 is 0 Å². The summed E-state index contributed by atoms with van der Waals surface area (Å²) < 4.78 is 29.0. The summed E-state index contributed by atoms with van der Waals surface area (Å²) in [6, 6.07) is 16.0. The number of halogens is 2. The number of likely N-dealkylation sites (N-methyl/N-ethyl adjacent to an activating group) is 1. The largest absolute Gasteiger partial charge is 0.357 e. The Hall–Kier alpha value is -3.07. The molecule has 0 unspecified atom stereocenters. The summed E-state index contributed by atoms with van der Waals surface area (Å²) in [5.41, 5.74) is 3.61. The van der Waals surface area contributed by atoms with Crippen molar-refractivity contribution in [3.8, 4) is 0 Å². The number of rotatable bonds is 10. The van der Waals surface area contributed by atoms with Crippen LogP contribution in [0.5, 0.6) is 0 Å². The minimum Gasteiger partial charge on any atom is -0.357 e. The number of nitrogens with one attached hydrogen (secondary N) is 1. The fourth-order valence-electron chi connectivity index (χ4n) is 4.36. The lowest BCUT2D eigenvalue weighted by Gasteiger charge is -2.33. The number of nitrogens with zero attached hydrogens (tertiary/aromatic N) is 2. The predicted octanol–water partition coefficient (Wildman–Crippen LogP) is 5.67. The van der Waals surface area contributed by atoms with Gasteiger partial charge in [0.15, 0.2) is 0 Å². The summed E-state index contributed by atoms with van der Waals surface area (Å²) in [6.07, 6.45) is 0.320. The van der Waals surface area contributed by atoms with E-state index < -0.39 is 28.5 Å². The van der Waals surface area contributed by atoms with Gasteiger partial charge in [-0.25, -0.2) is 8.42 Å². The molecule has 39 heavy (non-hydrogen) atoms. The van der Waals surface area contributed by atoms with E-state index in [1.54, 1.807) is 56.3 Å². The van der Waals surface area contributed by atoms with Gasteiger partial charge in [-0.15, -0.1) is 0 Å². The molecule has 0 aliphatic rings. The highest BCUT2D eigenvalue weighted by Crippen LogP contribution is 2.29. The summed E-state index contributed by atoms with van der Waals surface area (Å²) >= 11 is 12.3. The maximum absolute atomic E-state index is 14.0. The van der Waals surface area contributed by atoms with Crippen LogP contribution in [0.1, 0.15) is 35.6 Å². The molecule has 1 atom stereocenters. The van der Waals surface area contributed by atoms with Crippen molar-refractivity contribution in [1.82, 2.24) is 10.2 Å². The van der Waals surface area contributed by atoms with Crippen molar-refractivity contribution in [2.75, 3.05) is 17.9 Å². The molecule has 0 aromatic heterocycles. The second kappa shape index (κ2) is 12.9. The smallest absolute Gasteiger partial charge is 0.264 e. The van der Waals surface area contributed by atoms with Crippen LogP contribution in [0.4, 0.5) is 5.69 Å². The number of hydrogen-bond acceptors (Lipinski definition) is 4. The number of hydrogen-bond donors (Lipinski definition) is 1. The summed E-state index contributed by atoms with van der Waals surface area (Å²) in [5, 5.41) is 3.28. The first-order valence-corrected chi connectivity index (χ1v) is 14.7. The molecule has 1 N–H and O–H groups in total. The van der Waals surface area contributed by atoms with Crippen LogP contribution < -0.4 is 9.62 Å². The van der Waals surface area contributed by atoms with E-state index in [2.05, 4.69) is 5.32 Å². The second-order valence-electron chi connectivity index (χ2n) is 9.42. The zero-order valence-corrected chi connectivity index (χ0v) is 25.0. The number of carbonyl (C=O) groups excluding carboxylic acids is 2. The van der Waals surface area contributed by atoms with Gasteiger partial charge in [-0.3, -0.25) is 13.9 Å². The third-order valence-corrected chi connectivity index (χ3v) is 8.99. The zero-order chi connectivity index (χ0) is 28.9. The molecule has 0 spiro atoms. The van der Waals surface area contributed by atoms with Crippen LogP contribution in [0, 0.1) is 20.8 Å². The minimum absolute atomic E-state index is 0.0347. The summed E-state index contributed by atoms with van der Waals surface area (Å²) in [5.74, 6) is -0.891. The second-order valence-corrected chi connectivity index (χ2v) is 12.1.